The molecule has 1 fully saturated rings. The average Bonchev–Trinajstić information content (AvgIpc) is 2.36. The van der Waals surface area contributed by atoms with E-state index in [2.05, 4.69) is 0 Å². The lowest BCUT2D eigenvalue weighted by Gasteiger charge is -2.16. The minimum absolute atomic E-state index is 0.254. The van der Waals surface area contributed by atoms with Crippen molar-refractivity contribution in [3.63, 3.8) is 0 Å². The van der Waals surface area contributed by atoms with Crippen molar-refractivity contribution in [1.29, 1.82) is 0 Å². The molecule has 0 amide bonds. The van der Waals surface area contributed by atoms with Crippen molar-refractivity contribution in [1.82, 2.24) is 0 Å². The molecule has 0 saturated heterocycles. The smallest absolute Gasteiger partial charge is 0.311 e. The SMILES string of the molecule is CC(C)(C)C(=O)O[C@@H]1CC1(Cl)Cl. The number of halogens is 2. The summed E-state index contributed by atoms with van der Waals surface area (Å²) >= 11 is 11.4. The molecule has 1 saturated carbocycles. The van der Waals surface area contributed by atoms with Crippen LogP contribution in [0, 0.1) is 5.41 Å². The molecule has 4 heteroatoms. The number of alkyl halides is 2. The molecule has 0 aromatic heterocycles. The van der Waals surface area contributed by atoms with E-state index >= 15 is 0 Å². The third kappa shape index (κ3) is 2.27. The highest BCUT2D eigenvalue weighted by Gasteiger charge is 2.55. The van der Waals surface area contributed by atoms with E-state index in [0.29, 0.717) is 6.42 Å². The van der Waals surface area contributed by atoms with Crippen LogP contribution >= 0.6 is 23.2 Å². The fourth-order valence-electron chi connectivity index (χ4n) is 0.622. The highest BCUT2D eigenvalue weighted by molar-refractivity contribution is 6.51. The predicted molar refractivity (Wildman–Crippen MR) is 48.4 cm³/mol. The molecule has 0 N–H and O–H groups in total. The summed E-state index contributed by atoms with van der Waals surface area (Å²) in [7, 11) is 0. The van der Waals surface area contributed by atoms with E-state index in [1.807, 2.05) is 0 Å². The summed E-state index contributed by atoms with van der Waals surface area (Å²) in [4.78, 5) is 11.3. The van der Waals surface area contributed by atoms with Gasteiger partial charge in [0.1, 0.15) is 6.10 Å². The van der Waals surface area contributed by atoms with Gasteiger partial charge in [-0.25, -0.2) is 0 Å². The Labute approximate surface area is 82.2 Å². The van der Waals surface area contributed by atoms with Gasteiger partial charge in [0.2, 0.25) is 0 Å². The van der Waals surface area contributed by atoms with Gasteiger partial charge in [0.15, 0.2) is 4.33 Å². The van der Waals surface area contributed by atoms with Crippen molar-refractivity contribution in [3.8, 4) is 0 Å². The zero-order valence-electron chi connectivity index (χ0n) is 7.36. The molecule has 0 spiro atoms. The van der Waals surface area contributed by atoms with Crippen molar-refractivity contribution < 1.29 is 9.53 Å². The molecule has 0 radical (unpaired) electrons. The van der Waals surface area contributed by atoms with Crippen LogP contribution in [0.15, 0.2) is 0 Å². The normalized spacial score (nSPS) is 26.6. The van der Waals surface area contributed by atoms with Crippen molar-refractivity contribution in [2.45, 2.75) is 37.6 Å². The highest BCUT2D eigenvalue weighted by atomic mass is 35.5. The largest absolute Gasteiger partial charge is 0.459 e. The Morgan fingerprint density at radius 1 is 1.50 bits per heavy atom. The maximum absolute atomic E-state index is 11.3. The van der Waals surface area contributed by atoms with Gasteiger partial charge in [0.05, 0.1) is 5.41 Å². The summed E-state index contributed by atoms with van der Waals surface area (Å²) in [6, 6.07) is 0. The van der Waals surface area contributed by atoms with Gasteiger partial charge >= 0.3 is 5.97 Å². The van der Waals surface area contributed by atoms with E-state index in [-0.39, 0.29) is 12.1 Å². The standard InChI is InChI=1S/C8H12Cl2O2/c1-7(2,3)6(11)12-5-4-8(5,9)10/h5H,4H2,1-3H3/t5-/m1/s1. The Morgan fingerprint density at radius 2 is 1.92 bits per heavy atom. The van der Waals surface area contributed by atoms with Crippen molar-refractivity contribution in [2.75, 3.05) is 0 Å². The summed E-state index contributed by atoms with van der Waals surface area (Å²) in [5.74, 6) is -0.254. The van der Waals surface area contributed by atoms with Crippen molar-refractivity contribution in [2.24, 2.45) is 5.41 Å². The van der Waals surface area contributed by atoms with Crippen molar-refractivity contribution in [3.05, 3.63) is 0 Å². The number of hydrogen-bond acceptors (Lipinski definition) is 2. The molecule has 0 aromatic carbocycles. The van der Waals surface area contributed by atoms with E-state index < -0.39 is 9.75 Å². The third-order valence-electron chi connectivity index (χ3n) is 1.63. The Morgan fingerprint density at radius 3 is 2.17 bits per heavy atom. The number of esters is 1. The second-order valence-electron chi connectivity index (χ2n) is 4.11. The van der Waals surface area contributed by atoms with Crippen LogP contribution < -0.4 is 0 Å². The first-order valence-electron chi connectivity index (χ1n) is 3.82. The summed E-state index contributed by atoms with van der Waals surface area (Å²) < 4.78 is 4.21. The maximum Gasteiger partial charge on any atom is 0.311 e. The molecule has 1 aliphatic rings. The molecule has 1 aliphatic carbocycles. The van der Waals surface area contributed by atoms with E-state index in [1.165, 1.54) is 0 Å². The topological polar surface area (TPSA) is 26.3 Å². The summed E-state index contributed by atoms with van der Waals surface area (Å²) in [6.07, 6.45) is 0.227. The summed E-state index contributed by atoms with van der Waals surface area (Å²) in [6.45, 7) is 5.38. The predicted octanol–water partition coefficient (Wildman–Crippen LogP) is 2.52. The molecule has 1 rings (SSSR count). The monoisotopic (exact) mass is 210 g/mol. The van der Waals surface area contributed by atoms with Gasteiger partial charge in [0.25, 0.3) is 0 Å². The van der Waals surface area contributed by atoms with E-state index in [0.717, 1.165) is 0 Å². The molecule has 0 bridgehead atoms. The number of ether oxygens (including phenoxy) is 1. The summed E-state index contributed by atoms with van der Waals surface area (Å²) in [5.41, 5.74) is -0.480. The molecule has 1 atom stereocenters. The van der Waals surface area contributed by atoms with Gasteiger partial charge in [-0.2, -0.15) is 0 Å². The first-order chi connectivity index (χ1) is 5.23. The van der Waals surface area contributed by atoms with Gasteiger partial charge in [-0.3, -0.25) is 4.79 Å². The number of carbonyl (C=O) groups is 1. The molecule has 0 heterocycles. The third-order valence-corrected chi connectivity index (χ3v) is 2.43. The second-order valence-corrected chi connectivity index (χ2v) is 5.65. The average molecular weight is 211 g/mol. The van der Waals surface area contributed by atoms with Crippen LogP contribution in [0.25, 0.3) is 0 Å². The molecule has 0 aromatic rings. The molecular weight excluding hydrogens is 199 g/mol. The van der Waals surface area contributed by atoms with Gasteiger partial charge in [-0.1, -0.05) is 23.2 Å². The minimum Gasteiger partial charge on any atom is -0.459 e. The van der Waals surface area contributed by atoms with Crippen LogP contribution in [0.4, 0.5) is 0 Å². The van der Waals surface area contributed by atoms with Crippen LogP contribution in [0.2, 0.25) is 0 Å². The Hall–Kier alpha value is 0.0500. The summed E-state index contributed by atoms with van der Waals surface area (Å²) in [5, 5.41) is 0. The Balaban J connectivity index is 2.40. The van der Waals surface area contributed by atoms with Crippen LogP contribution in [0.5, 0.6) is 0 Å². The molecule has 2 nitrogen and oxygen atoms in total. The molecule has 12 heavy (non-hydrogen) atoms. The first kappa shape index (κ1) is 10.1. The van der Waals surface area contributed by atoms with Crippen LogP contribution in [-0.2, 0) is 9.53 Å². The fraction of sp³-hybridized carbons (Fsp3) is 0.875. The number of rotatable bonds is 1. The van der Waals surface area contributed by atoms with Gasteiger partial charge in [-0.05, 0) is 20.8 Å². The van der Waals surface area contributed by atoms with Crippen molar-refractivity contribution >= 4 is 29.2 Å². The first-order valence-corrected chi connectivity index (χ1v) is 4.58. The second kappa shape index (κ2) is 2.78. The lowest BCUT2D eigenvalue weighted by Crippen LogP contribution is -2.25. The lowest BCUT2D eigenvalue weighted by atomic mass is 9.97. The Bertz CT molecular complexity index is 206. The van der Waals surface area contributed by atoms with Gasteiger partial charge in [-0.15, -0.1) is 0 Å². The molecular formula is C8H12Cl2O2. The number of hydrogen-bond donors (Lipinski definition) is 0. The Kier molecular flexibility index (Phi) is 2.34. The molecule has 70 valence electrons. The van der Waals surface area contributed by atoms with E-state index in [1.54, 1.807) is 20.8 Å². The zero-order valence-corrected chi connectivity index (χ0v) is 8.87. The molecule has 0 aliphatic heterocycles. The zero-order chi connectivity index (χ0) is 9.57. The molecule has 0 unspecified atom stereocenters. The number of carbonyl (C=O) groups excluding carboxylic acids is 1. The van der Waals surface area contributed by atoms with Gasteiger partial charge < -0.3 is 4.74 Å². The van der Waals surface area contributed by atoms with Gasteiger partial charge in [0, 0.05) is 6.42 Å². The maximum atomic E-state index is 11.3. The lowest BCUT2D eigenvalue weighted by molar-refractivity contribution is -0.154. The van der Waals surface area contributed by atoms with Crippen LogP contribution in [-0.4, -0.2) is 16.4 Å². The minimum atomic E-state index is -0.832. The quantitative estimate of drug-likeness (QED) is 0.492. The van der Waals surface area contributed by atoms with Crippen LogP contribution in [0.3, 0.4) is 0 Å². The highest BCUT2D eigenvalue weighted by Crippen LogP contribution is 2.49. The fourth-order valence-corrected chi connectivity index (χ4v) is 0.991. The van der Waals surface area contributed by atoms with Crippen LogP contribution in [0.1, 0.15) is 27.2 Å². The van der Waals surface area contributed by atoms with E-state index in [4.69, 9.17) is 27.9 Å². The van der Waals surface area contributed by atoms with E-state index in [9.17, 15) is 4.79 Å².